The minimum atomic E-state index is -0.305. The zero-order valence-electron chi connectivity index (χ0n) is 12.2. The molecule has 2 aromatic rings. The van der Waals surface area contributed by atoms with Gasteiger partial charge in [0.25, 0.3) is 11.8 Å². The summed E-state index contributed by atoms with van der Waals surface area (Å²) >= 11 is 1.30. The van der Waals surface area contributed by atoms with Gasteiger partial charge in [-0.2, -0.15) is 0 Å². The highest BCUT2D eigenvalue weighted by Gasteiger charge is 2.19. The van der Waals surface area contributed by atoms with Crippen molar-refractivity contribution in [1.82, 2.24) is 4.90 Å². The molecule has 0 unspecified atom stereocenters. The molecule has 0 atom stereocenters. The summed E-state index contributed by atoms with van der Waals surface area (Å²) in [4.78, 5) is 27.0. The van der Waals surface area contributed by atoms with E-state index in [0.717, 1.165) is 25.9 Å². The molecule has 1 N–H and O–H groups in total. The average Bonchev–Trinajstić information content (AvgIpc) is 3.13. The molecule has 0 aliphatic carbocycles. The number of likely N-dealkylation sites (tertiary alicyclic amines) is 1. The fraction of sp³-hybridized carbons (Fsp3) is 0.375. The maximum atomic E-state index is 12.5. The highest BCUT2D eigenvalue weighted by atomic mass is 32.1. The lowest BCUT2D eigenvalue weighted by molar-refractivity contribution is 0.0766. The van der Waals surface area contributed by atoms with E-state index in [0.29, 0.717) is 9.88 Å². The third-order valence-electron chi connectivity index (χ3n) is 3.69. The largest absolute Gasteiger partial charge is 0.459 e. The summed E-state index contributed by atoms with van der Waals surface area (Å²) in [6, 6.07) is 6.80. The first-order valence-corrected chi connectivity index (χ1v) is 8.29. The van der Waals surface area contributed by atoms with Crippen LogP contribution in [0.5, 0.6) is 0 Å². The van der Waals surface area contributed by atoms with Crippen LogP contribution in [-0.2, 0) is 0 Å². The minimum absolute atomic E-state index is 0.0606. The van der Waals surface area contributed by atoms with Crippen molar-refractivity contribution in [2.75, 3.05) is 18.4 Å². The molecule has 2 amide bonds. The summed E-state index contributed by atoms with van der Waals surface area (Å²) in [6.07, 6.45) is 5.98. The van der Waals surface area contributed by atoms with E-state index in [1.54, 1.807) is 24.3 Å². The molecule has 0 aromatic carbocycles. The van der Waals surface area contributed by atoms with Gasteiger partial charge in [0.2, 0.25) is 0 Å². The van der Waals surface area contributed by atoms with Crippen LogP contribution in [0.2, 0.25) is 0 Å². The number of hydrogen-bond acceptors (Lipinski definition) is 4. The molecule has 0 bridgehead atoms. The van der Waals surface area contributed by atoms with Crippen molar-refractivity contribution in [3.05, 3.63) is 41.2 Å². The molecular formula is C16H18N2O3S. The highest BCUT2D eigenvalue weighted by molar-refractivity contribution is 7.18. The van der Waals surface area contributed by atoms with Gasteiger partial charge in [-0.3, -0.25) is 9.59 Å². The Bertz CT molecular complexity index is 640. The van der Waals surface area contributed by atoms with Gasteiger partial charge in [-0.25, -0.2) is 0 Å². The standard InChI is InChI=1S/C16H18N2O3S/c19-15(12-6-5-11-21-12)17-14-8-7-13(22-14)16(20)18-9-3-1-2-4-10-18/h5-8,11H,1-4,9-10H2,(H,17,19). The first-order valence-electron chi connectivity index (χ1n) is 7.48. The van der Waals surface area contributed by atoms with Crippen LogP contribution in [0.1, 0.15) is 45.9 Å². The van der Waals surface area contributed by atoms with Crippen molar-refractivity contribution >= 4 is 28.2 Å². The monoisotopic (exact) mass is 318 g/mol. The molecule has 22 heavy (non-hydrogen) atoms. The van der Waals surface area contributed by atoms with E-state index in [1.807, 2.05) is 4.90 Å². The molecule has 2 aromatic heterocycles. The predicted octanol–water partition coefficient (Wildman–Crippen LogP) is 3.61. The second kappa shape index (κ2) is 6.79. The lowest BCUT2D eigenvalue weighted by Gasteiger charge is -2.19. The number of anilines is 1. The van der Waals surface area contributed by atoms with E-state index in [-0.39, 0.29) is 17.6 Å². The van der Waals surface area contributed by atoms with Gasteiger partial charge in [0.1, 0.15) is 0 Å². The van der Waals surface area contributed by atoms with Gasteiger partial charge in [0.15, 0.2) is 5.76 Å². The van der Waals surface area contributed by atoms with Gasteiger partial charge in [-0.15, -0.1) is 11.3 Å². The Morgan fingerprint density at radius 2 is 1.86 bits per heavy atom. The van der Waals surface area contributed by atoms with Crippen molar-refractivity contribution in [3.63, 3.8) is 0 Å². The summed E-state index contributed by atoms with van der Waals surface area (Å²) in [5, 5.41) is 3.40. The Kier molecular flexibility index (Phi) is 4.58. The Labute approximate surface area is 132 Å². The summed E-state index contributed by atoms with van der Waals surface area (Å²) in [5.74, 6) is 0.0137. The highest BCUT2D eigenvalue weighted by Crippen LogP contribution is 2.25. The maximum Gasteiger partial charge on any atom is 0.291 e. The van der Waals surface area contributed by atoms with Gasteiger partial charge in [-0.1, -0.05) is 12.8 Å². The molecule has 0 spiro atoms. The first-order chi connectivity index (χ1) is 10.7. The topological polar surface area (TPSA) is 62.6 Å². The SMILES string of the molecule is O=C(Nc1ccc(C(=O)N2CCCCCC2)s1)c1ccco1. The number of carbonyl (C=O) groups excluding carboxylic acids is 2. The van der Waals surface area contributed by atoms with Crippen molar-refractivity contribution in [1.29, 1.82) is 0 Å². The number of thiophene rings is 1. The van der Waals surface area contributed by atoms with Crippen molar-refractivity contribution in [2.24, 2.45) is 0 Å². The van der Waals surface area contributed by atoms with E-state index in [9.17, 15) is 9.59 Å². The maximum absolute atomic E-state index is 12.5. The number of nitrogens with one attached hydrogen (secondary N) is 1. The minimum Gasteiger partial charge on any atom is -0.459 e. The van der Waals surface area contributed by atoms with E-state index < -0.39 is 0 Å². The number of hydrogen-bond donors (Lipinski definition) is 1. The molecule has 1 saturated heterocycles. The molecule has 3 heterocycles. The fourth-order valence-corrected chi connectivity index (χ4v) is 3.40. The number of carbonyl (C=O) groups is 2. The predicted molar refractivity (Wildman–Crippen MR) is 85.4 cm³/mol. The van der Waals surface area contributed by atoms with Gasteiger partial charge >= 0.3 is 0 Å². The lowest BCUT2D eigenvalue weighted by atomic mass is 10.2. The lowest BCUT2D eigenvalue weighted by Crippen LogP contribution is -2.31. The summed E-state index contributed by atoms with van der Waals surface area (Å²) in [6.45, 7) is 1.65. The van der Waals surface area contributed by atoms with Crippen LogP contribution in [0.25, 0.3) is 0 Å². The zero-order chi connectivity index (χ0) is 15.4. The van der Waals surface area contributed by atoms with Gasteiger partial charge in [0, 0.05) is 13.1 Å². The third kappa shape index (κ3) is 3.39. The molecule has 6 heteroatoms. The fourth-order valence-electron chi connectivity index (χ4n) is 2.53. The molecule has 1 fully saturated rings. The molecule has 1 aliphatic heterocycles. The van der Waals surface area contributed by atoms with Crippen LogP contribution in [0.15, 0.2) is 34.9 Å². The van der Waals surface area contributed by atoms with Gasteiger partial charge in [-0.05, 0) is 37.1 Å². The Balaban J connectivity index is 1.65. The molecular weight excluding hydrogens is 300 g/mol. The van der Waals surface area contributed by atoms with E-state index in [1.165, 1.54) is 30.4 Å². The molecule has 116 valence electrons. The second-order valence-electron chi connectivity index (χ2n) is 5.30. The quantitative estimate of drug-likeness (QED) is 0.940. The smallest absolute Gasteiger partial charge is 0.291 e. The second-order valence-corrected chi connectivity index (χ2v) is 6.39. The Hall–Kier alpha value is -2.08. The number of amides is 2. The van der Waals surface area contributed by atoms with Crippen molar-refractivity contribution < 1.29 is 14.0 Å². The van der Waals surface area contributed by atoms with E-state index >= 15 is 0 Å². The third-order valence-corrected chi connectivity index (χ3v) is 4.68. The average molecular weight is 318 g/mol. The van der Waals surface area contributed by atoms with Crippen LogP contribution in [0, 0.1) is 0 Å². The van der Waals surface area contributed by atoms with Crippen LogP contribution in [0.4, 0.5) is 5.00 Å². The summed E-state index contributed by atoms with van der Waals surface area (Å²) in [5.41, 5.74) is 0. The number of furan rings is 1. The molecule has 5 nitrogen and oxygen atoms in total. The number of nitrogens with zero attached hydrogens (tertiary/aromatic N) is 1. The van der Waals surface area contributed by atoms with Crippen molar-refractivity contribution in [2.45, 2.75) is 25.7 Å². The van der Waals surface area contributed by atoms with Crippen LogP contribution >= 0.6 is 11.3 Å². The summed E-state index contributed by atoms with van der Waals surface area (Å²) < 4.78 is 5.05. The zero-order valence-corrected chi connectivity index (χ0v) is 13.0. The Morgan fingerprint density at radius 1 is 1.09 bits per heavy atom. The molecule has 0 radical (unpaired) electrons. The Morgan fingerprint density at radius 3 is 2.55 bits per heavy atom. The van der Waals surface area contributed by atoms with Crippen LogP contribution < -0.4 is 5.32 Å². The molecule has 1 aliphatic rings. The van der Waals surface area contributed by atoms with E-state index in [4.69, 9.17) is 4.42 Å². The summed E-state index contributed by atoms with van der Waals surface area (Å²) in [7, 11) is 0. The normalized spacial score (nSPS) is 15.4. The van der Waals surface area contributed by atoms with E-state index in [2.05, 4.69) is 5.32 Å². The van der Waals surface area contributed by atoms with Crippen LogP contribution in [-0.4, -0.2) is 29.8 Å². The molecule has 0 saturated carbocycles. The van der Waals surface area contributed by atoms with Crippen molar-refractivity contribution in [3.8, 4) is 0 Å². The number of rotatable bonds is 3. The van der Waals surface area contributed by atoms with Gasteiger partial charge in [0.05, 0.1) is 16.1 Å². The van der Waals surface area contributed by atoms with Crippen LogP contribution in [0.3, 0.4) is 0 Å². The van der Waals surface area contributed by atoms with Gasteiger partial charge < -0.3 is 14.6 Å². The molecule has 3 rings (SSSR count). The first kappa shape index (κ1) is 14.8.